The Hall–Kier alpha value is -2.02. The lowest BCUT2D eigenvalue weighted by atomic mass is 9.92. The van der Waals surface area contributed by atoms with E-state index in [0.717, 1.165) is 0 Å². The van der Waals surface area contributed by atoms with Gasteiger partial charge in [0.1, 0.15) is 0 Å². The summed E-state index contributed by atoms with van der Waals surface area (Å²) in [7, 11) is -3.13. The molecular weight excluding hydrogens is 344 g/mol. The molecular formula is C20H32N2O3Si. The Balaban J connectivity index is 0.000000401. The highest BCUT2D eigenvalue weighted by atomic mass is 28.3. The Morgan fingerprint density at radius 3 is 1.12 bits per heavy atom. The summed E-state index contributed by atoms with van der Waals surface area (Å²) in [4.78, 5) is 14.3. The fourth-order valence-electron chi connectivity index (χ4n) is 2.59. The van der Waals surface area contributed by atoms with E-state index in [-0.39, 0.29) is 11.1 Å². The fourth-order valence-corrected chi connectivity index (χ4v) is 2.59. The molecule has 144 valence electrons. The van der Waals surface area contributed by atoms with Crippen LogP contribution in [0, 0.1) is 13.8 Å². The summed E-state index contributed by atoms with van der Waals surface area (Å²) >= 11 is 0. The van der Waals surface area contributed by atoms with Gasteiger partial charge in [0.2, 0.25) is 0 Å². The van der Waals surface area contributed by atoms with Crippen LogP contribution in [-0.4, -0.2) is 18.8 Å². The molecule has 0 aliphatic carbocycles. The molecule has 0 atom stereocenters. The van der Waals surface area contributed by atoms with Crippen molar-refractivity contribution in [2.75, 3.05) is 0 Å². The Bertz CT molecular complexity index is 645. The van der Waals surface area contributed by atoms with E-state index in [1.54, 1.807) is 0 Å². The molecule has 0 saturated heterocycles. The van der Waals surface area contributed by atoms with Crippen LogP contribution in [0.3, 0.4) is 0 Å². The maximum absolute atomic E-state index is 8.74. The first-order chi connectivity index (χ1) is 11.8. The molecule has 0 radical (unpaired) electrons. The summed E-state index contributed by atoms with van der Waals surface area (Å²) in [5.74, 6) is 0. The maximum Gasteiger partial charge on any atom is 0.761 e. The largest absolute Gasteiger partial charge is 0.761 e. The van der Waals surface area contributed by atoms with Crippen LogP contribution in [0.15, 0.2) is 48.5 Å². The van der Waals surface area contributed by atoms with Gasteiger partial charge < -0.3 is 21.1 Å². The molecule has 6 N–H and O–H groups in total. The first-order valence-corrected chi connectivity index (χ1v) is 9.69. The van der Waals surface area contributed by atoms with Crippen molar-refractivity contribution in [3.63, 3.8) is 0 Å². The standard InChI is InChI=1S/2C10H15N.H2O3Si/c2*1-8-6-4-5-7-9(8)10(2,3)11;1-4(2)3/h2*4-7H,11H2,1-3H3;1-2H. The van der Waals surface area contributed by atoms with Gasteiger partial charge in [0, 0.05) is 11.1 Å². The number of benzene rings is 2. The second kappa shape index (κ2) is 10.2. The quantitative estimate of drug-likeness (QED) is 0.603. The summed E-state index contributed by atoms with van der Waals surface area (Å²) in [6.07, 6.45) is 0. The monoisotopic (exact) mass is 376 g/mol. The van der Waals surface area contributed by atoms with Crippen molar-refractivity contribution in [2.24, 2.45) is 11.5 Å². The second-order valence-corrected chi connectivity index (χ2v) is 7.92. The van der Waals surface area contributed by atoms with Gasteiger partial charge in [-0.1, -0.05) is 48.5 Å². The molecule has 0 saturated carbocycles. The zero-order valence-corrected chi connectivity index (χ0v) is 17.6. The van der Waals surface area contributed by atoms with Crippen molar-refractivity contribution in [1.82, 2.24) is 0 Å². The van der Waals surface area contributed by atoms with Crippen LogP contribution in [0.5, 0.6) is 0 Å². The summed E-state index contributed by atoms with van der Waals surface area (Å²) in [6, 6.07) is 16.4. The van der Waals surface area contributed by atoms with Crippen molar-refractivity contribution in [3.05, 3.63) is 70.8 Å². The molecule has 0 aromatic heterocycles. The molecule has 0 spiro atoms. The number of rotatable bonds is 2. The van der Waals surface area contributed by atoms with Crippen LogP contribution in [0.4, 0.5) is 0 Å². The third-order valence-corrected chi connectivity index (χ3v) is 3.68. The van der Waals surface area contributed by atoms with Crippen LogP contribution >= 0.6 is 0 Å². The van der Waals surface area contributed by atoms with E-state index < -0.39 is 9.17 Å². The van der Waals surface area contributed by atoms with Gasteiger partial charge in [-0.3, -0.25) is 4.46 Å². The van der Waals surface area contributed by atoms with Crippen molar-refractivity contribution in [1.29, 1.82) is 0 Å². The highest BCUT2D eigenvalue weighted by Gasteiger charge is 2.15. The van der Waals surface area contributed by atoms with E-state index in [0.29, 0.717) is 0 Å². The van der Waals surface area contributed by atoms with E-state index >= 15 is 0 Å². The molecule has 0 fully saturated rings. The topological polar surface area (TPSA) is 110 Å². The number of aryl methyl sites for hydroxylation is 2. The zero-order valence-electron chi connectivity index (χ0n) is 16.6. The Morgan fingerprint density at radius 2 is 0.962 bits per heavy atom. The molecule has 0 amide bonds. The molecule has 6 heteroatoms. The van der Waals surface area contributed by atoms with Gasteiger partial charge in [-0.25, -0.2) is 0 Å². The molecule has 5 nitrogen and oxygen atoms in total. The molecule has 0 aliphatic heterocycles. The summed E-state index contributed by atoms with van der Waals surface area (Å²) < 4.78 is 8.74. The minimum atomic E-state index is -3.13. The third-order valence-electron chi connectivity index (χ3n) is 3.68. The van der Waals surface area contributed by atoms with Gasteiger partial charge in [-0.05, 0) is 63.8 Å². The summed E-state index contributed by atoms with van der Waals surface area (Å²) in [6.45, 7) is 12.3. The van der Waals surface area contributed by atoms with E-state index in [9.17, 15) is 0 Å². The SMILES string of the molecule is Cc1ccccc1C(C)(C)N.Cc1ccccc1C(C)(C)N.O=[Si](O)O. The van der Waals surface area contributed by atoms with Gasteiger partial charge in [-0.15, -0.1) is 0 Å². The minimum Gasteiger partial charge on any atom is -0.511 e. The lowest BCUT2D eigenvalue weighted by molar-refractivity contribution is 0.330. The third kappa shape index (κ3) is 9.46. The first kappa shape index (κ1) is 24.0. The number of nitrogens with two attached hydrogens (primary N) is 2. The van der Waals surface area contributed by atoms with Gasteiger partial charge in [0.05, 0.1) is 0 Å². The summed E-state index contributed by atoms with van der Waals surface area (Å²) in [5.41, 5.74) is 16.5. The lowest BCUT2D eigenvalue weighted by Gasteiger charge is -2.21. The van der Waals surface area contributed by atoms with Gasteiger partial charge in [0.25, 0.3) is 0 Å². The van der Waals surface area contributed by atoms with Gasteiger partial charge >= 0.3 is 9.17 Å². The first-order valence-electron chi connectivity index (χ1n) is 8.38. The van der Waals surface area contributed by atoms with Crippen LogP contribution in [0.1, 0.15) is 49.9 Å². The Kier molecular flexibility index (Phi) is 9.41. The molecule has 26 heavy (non-hydrogen) atoms. The second-order valence-electron chi connectivity index (χ2n) is 7.36. The molecule has 0 heterocycles. The normalized spacial score (nSPS) is 10.8. The molecule has 0 aliphatic rings. The predicted octanol–water partition coefficient (Wildman–Crippen LogP) is 2.76. The minimum absolute atomic E-state index is 0.217. The van der Waals surface area contributed by atoms with E-state index in [2.05, 4.69) is 38.1 Å². The molecule has 0 unspecified atom stereocenters. The van der Waals surface area contributed by atoms with Crippen LogP contribution < -0.4 is 11.5 Å². The van der Waals surface area contributed by atoms with E-state index in [4.69, 9.17) is 25.5 Å². The van der Waals surface area contributed by atoms with Gasteiger partial charge in [0.15, 0.2) is 0 Å². The van der Waals surface area contributed by atoms with Gasteiger partial charge in [-0.2, -0.15) is 0 Å². The highest BCUT2D eigenvalue weighted by Crippen LogP contribution is 2.20. The molecule has 0 bridgehead atoms. The molecule has 2 rings (SSSR count). The van der Waals surface area contributed by atoms with E-state index in [1.165, 1.54) is 22.3 Å². The predicted molar refractivity (Wildman–Crippen MR) is 108 cm³/mol. The lowest BCUT2D eigenvalue weighted by Crippen LogP contribution is -2.29. The Morgan fingerprint density at radius 1 is 0.731 bits per heavy atom. The highest BCUT2D eigenvalue weighted by molar-refractivity contribution is 6.22. The van der Waals surface area contributed by atoms with Crippen molar-refractivity contribution in [3.8, 4) is 0 Å². The van der Waals surface area contributed by atoms with Crippen molar-refractivity contribution in [2.45, 2.75) is 52.6 Å². The Labute approximate surface area is 158 Å². The number of hydrogen-bond acceptors (Lipinski definition) is 3. The van der Waals surface area contributed by atoms with E-state index in [1.807, 2.05) is 52.0 Å². The average Bonchev–Trinajstić information content (AvgIpc) is 2.46. The molecule has 2 aromatic rings. The number of hydrogen-bond donors (Lipinski definition) is 4. The van der Waals surface area contributed by atoms with Crippen molar-refractivity contribution >= 4 is 9.17 Å². The fraction of sp³-hybridized carbons (Fsp3) is 0.400. The summed E-state index contributed by atoms with van der Waals surface area (Å²) in [5, 5.41) is 0. The zero-order chi connectivity index (χ0) is 20.5. The van der Waals surface area contributed by atoms with Crippen molar-refractivity contribution < 1.29 is 14.1 Å². The van der Waals surface area contributed by atoms with Crippen LogP contribution in [0.2, 0.25) is 0 Å². The maximum atomic E-state index is 8.74. The average molecular weight is 377 g/mol. The molecule has 2 aromatic carbocycles. The smallest absolute Gasteiger partial charge is 0.511 e. The van der Waals surface area contributed by atoms with Crippen LogP contribution in [0.25, 0.3) is 0 Å². The van der Waals surface area contributed by atoms with Crippen LogP contribution in [-0.2, 0) is 15.5 Å².